The number of aromatic amines is 1. The topological polar surface area (TPSA) is 54.6 Å². The van der Waals surface area contributed by atoms with Crippen LogP contribution in [0.2, 0.25) is 0 Å². The molecule has 1 aliphatic carbocycles. The minimum atomic E-state index is 0.178. The smallest absolute Gasteiger partial charge is 0.317 e. The summed E-state index contributed by atoms with van der Waals surface area (Å²) in [4.78, 5) is 23.2. The summed E-state index contributed by atoms with van der Waals surface area (Å²) in [7, 11) is 0. The highest BCUT2D eigenvalue weighted by Crippen LogP contribution is 2.38. The van der Waals surface area contributed by atoms with Crippen molar-refractivity contribution >= 4 is 22.6 Å². The molecule has 6 nitrogen and oxygen atoms in total. The van der Waals surface area contributed by atoms with Crippen molar-refractivity contribution in [3.05, 3.63) is 30.0 Å². The van der Waals surface area contributed by atoms with E-state index in [4.69, 9.17) is 0 Å². The third-order valence-electron chi connectivity index (χ3n) is 8.52. The molecule has 4 heterocycles. The highest BCUT2D eigenvalue weighted by atomic mass is 16.2. The van der Waals surface area contributed by atoms with Crippen molar-refractivity contribution in [2.45, 2.75) is 63.5 Å². The van der Waals surface area contributed by atoms with Crippen molar-refractivity contribution in [3.8, 4) is 0 Å². The average molecular weight is 436 g/mol. The zero-order chi connectivity index (χ0) is 21.5. The van der Waals surface area contributed by atoms with E-state index in [1.165, 1.54) is 61.1 Å². The van der Waals surface area contributed by atoms with Crippen LogP contribution in [0.15, 0.2) is 24.4 Å². The molecule has 1 atom stereocenters. The number of hydrogen-bond donors (Lipinski definition) is 2. The lowest BCUT2D eigenvalue weighted by molar-refractivity contribution is 0.181. The lowest BCUT2D eigenvalue weighted by atomic mass is 9.84. The van der Waals surface area contributed by atoms with Gasteiger partial charge >= 0.3 is 6.03 Å². The number of urea groups is 1. The van der Waals surface area contributed by atoms with Crippen molar-refractivity contribution in [1.82, 2.24) is 20.1 Å². The van der Waals surface area contributed by atoms with Crippen molar-refractivity contribution in [1.29, 1.82) is 0 Å². The number of H-pyrrole nitrogens is 1. The molecule has 6 rings (SSSR count). The second kappa shape index (κ2) is 8.62. The second-order valence-electron chi connectivity index (χ2n) is 10.5. The molecule has 2 amide bonds. The number of amides is 2. The summed E-state index contributed by atoms with van der Waals surface area (Å²) in [5.41, 5.74) is 4.21. The molecule has 1 aromatic carbocycles. The Labute approximate surface area is 191 Å². The minimum absolute atomic E-state index is 0.178. The van der Waals surface area contributed by atoms with E-state index in [0.717, 1.165) is 57.7 Å². The third-order valence-corrected chi connectivity index (χ3v) is 8.52. The molecule has 0 bridgehead atoms. The Morgan fingerprint density at radius 3 is 2.75 bits per heavy atom. The van der Waals surface area contributed by atoms with Crippen molar-refractivity contribution < 1.29 is 4.79 Å². The summed E-state index contributed by atoms with van der Waals surface area (Å²) in [6, 6.07) is 7.87. The third kappa shape index (κ3) is 3.87. The monoisotopic (exact) mass is 435 g/mol. The van der Waals surface area contributed by atoms with Crippen molar-refractivity contribution in [2.24, 2.45) is 5.92 Å². The van der Waals surface area contributed by atoms with Gasteiger partial charge in [0.2, 0.25) is 0 Å². The molecule has 2 aromatic rings. The fraction of sp³-hybridized carbons (Fsp3) is 0.654. The van der Waals surface area contributed by atoms with E-state index in [1.54, 1.807) is 0 Å². The van der Waals surface area contributed by atoms with E-state index in [0.29, 0.717) is 12.1 Å². The number of fused-ring (bicyclic) bond motifs is 2. The van der Waals surface area contributed by atoms with Crippen LogP contribution in [0.25, 0.3) is 10.9 Å². The van der Waals surface area contributed by atoms with Crippen molar-refractivity contribution in [3.63, 3.8) is 0 Å². The van der Waals surface area contributed by atoms with Crippen LogP contribution < -0.4 is 10.2 Å². The van der Waals surface area contributed by atoms with E-state index in [1.807, 2.05) is 4.90 Å². The molecule has 1 unspecified atom stereocenters. The fourth-order valence-electron chi connectivity index (χ4n) is 6.65. The molecule has 2 saturated heterocycles. The predicted molar refractivity (Wildman–Crippen MR) is 129 cm³/mol. The van der Waals surface area contributed by atoms with Crippen LogP contribution in [0, 0.1) is 5.92 Å². The van der Waals surface area contributed by atoms with Crippen molar-refractivity contribution in [2.75, 3.05) is 44.2 Å². The van der Waals surface area contributed by atoms with Gasteiger partial charge in [-0.05, 0) is 81.5 Å². The van der Waals surface area contributed by atoms with Gasteiger partial charge in [0.1, 0.15) is 0 Å². The Morgan fingerprint density at radius 1 is 1.06 bits per heavy atom. The summed E-state index contributed by atoms with van der Waals surface area (Å²) in [6.45, 7) is 6.61. The van der Waals surface area contributed by atoms with Gasteiger partial charge in [-0.2, -0.15) is 0 Å². The van der Waals surface area contributed by atoms with Gasteiger partial charge in [0, 0.05) is 67.6 Å². The summed E-state index contributed by atoms with van der Waals surface area (Å²) in [6.07, 6.45) is 11.9. The maximum atomic E-state index is 12.4. The van der Waals surface area contributed by atoms with Crippen LogP contribution >= 0.6 is 0 Å². The summed E-state index contributed by atoms with van der Waals surface area (Å²) in [5, 5.41) is 4.75. The highest BCUT2D eigenvalue weighted by molar-refractivity contribution is 5.96. The molecule has 1 saturated carbocycles. The van der Waals surface area contributed by atoms with Crippen LogP contribution in [0.3, 0.4) is 0 Å². The molecule has 0 radical (unpaired) electrons. The first-order valence-electron chi connectivity index (χ1n) is 12.9. The van der Waals surface area contributed by atoms with Gasteiger partial charge in [-0.15, -0.1) is 0 Å². The lowest BCUT2D eigenvalue weighted by Crippen LogP contribution is -2.55. The van der Waals surface area contributed by atoms with E-state index in [9.17, 15) is 4.79 Å². The number of aromatic nitrogens is 1. The van der Waals surface area contributed by atoms with E-state index in [-0.39, 0.29) is 6.03 Å². The first-order chi connectivity index (χ1) is 15.7. The number of carbonyl (C=O) groups excluding carboxylic acids is 1. The van der Waals surface area contributed by atoms with E-state index >= 15 is 0 Å². The molecule has 1 aromatic heterocycles. The molecular weight excluding hydrogens is 398 g/mol. The van der Waals surface area contributed by atoms with E-state index < -0.39 is 0 Å². The summed E-state index contributed by atoms with van der Waals surface area (Å²) in [5.74, 6) is 0.823. The molecule has 4 aliphatic rings. The number of benzene rings is 1. The summed E-state index contributed by atoms with van der Waals surface area (Å²) >= 11 is 0. The van der Waals surface area contributed by atoms with Gasteiger partial charge in [-0.1, -0.05) is 6.07 Å². The van der Waals surface area contributed by atoms with Crippen LogP contribution in [0.5, 0.6) is 0 Å². The molecule has 2 N–H and O–H groups in total. The zero-order valence-electron chi connectivity index (χ0n) is 19.2. The number of rotatable bonds is 4. The number of piperazine rings is 1. The number of nitrogens with zero attached hydrogens (tertiary/aromatic N) is 3. The van der Waals surface area contributed by atoms with Gasteiger partial charge in [0.15, 0.2) is 0 Å². The molecule has 6 heteroatoms. The standard InChI is InChI=1S/C26H37N5O/c32-26(30-11-1-2-12-30)28-21-8-6-19(7-9-21)10-13-29-14-15-31-22(18-29)16-20-17-27-23-4-3-5-24(31)25(20)23/h3-5,17,19,21-22,27H,1-2,6-16,18H2,(H,28,32). The Kier molecular flexibility index (Phi) is 5.49. The minimum Gasteiger partial charge on any atom is -0.365 e. The van der Waals surface area contributed by atoms with Crippen LogP contribution in [-0.4, -0.2) is 72.2 Å². The number of carbonyl (C=O) groups is 1. The molecule has 32 heavy (non-hydrogen) atoms. The number of anilines is 1. The molecular formula is C26H37N5O. The van der Waals surface area contributed by atoms with Gasteiger partial charge in [-0.25, -0.2) is 4.79 Å². The Bertz CT molecular complexity index is 956. The highest BCUT2D eigenvalue weighted by Gasteiger charge is 2.33. The van der Waals surface area contributed by atoms with Crippen LogP contribution in [-0.2, 0) is 6.42 Å². The first-order valence-corrected chi connectivity index (χ1v) is 12.9. The largest absolute Gasteiger partial charge is 0.365 e. The maximum Gasteiger partial charge on any atom is 0.317 e. The molecule has 3 fully saturated rings. The lowest BCUT2D eigenvalue weighted by Gasteiger charge is -2.45. The normalized spacial score (nSPS) is 28.2. The molecule has 172 valence electrons. The van der Waals surface area contributed by atoms with Crippen LogP contribution in [0.4, 0.5) is 10.5 Å². The predicted octanol–water partition coefficient (Wildman–Crippen LogP) is 3.97. The fourth-order valence-corrected chi connectivity index (χ4v) is 6.65. The average Bonchev–Trinajstić information content (AvgIpc) is 3.50. The van der Waals surface area contributed by atoms with Gasteiger partial charge in [-0.3, -0.25) is 4.90 Å². The quantitative estimate of drug-likeness (QED) is 0.764. The Hall–Kier alpha value is -2.21. The summed E-state index contributed by atoms with van der Waals surface area (Å²) < 4.78 is 0. The van der Waals surface area contributed by atoms with Gasteiger partial charge < -0.3 is 20.1 Å². The second-order valence-corrected chi connectivity index (χ2v) is 10.5. The van der Waals surface area contributed by atoms with Gasteiger partial charge in [0.05, 0.1) is 0 Å². The zero-order valence-corrected chi connectivity index (χ0v) is 19.2. The Balaban J connectivity index is 0.972. The number of hydrogen-bond acceptors (Lipinski definition) is 3. The number of likely N-dealkylation sites (tertiary alicyclic amines) is 1. The first kappa shape index (κ1) is 20.4. The van der Waals surface area contributed by atoms with Crippen LogP contribution in [0.1, 0.15) is 50.5 Å². The Morgan fingerprint density at radius 2 is 1.91 bits per heavy atom. The number of nitrogens with one attached hydrogen (secondary N) is 2. The van der Waals surface area contributed by atoms with E-state index in [2.05, 4.69) is 44.5 Å². The molecule has 3 aliphatic heterocycles. The maximum absolute atomic E-state index is 12.4. The SMILES string of the molecule is O=C(NC1CCC(CCN2CCN3c4cccc5[nH]cc(c45)CC3C2)CC1)N1CCCC1. The van der Waals surface area contributed by atoms with Gasteiger partial charge in [0.25, 0.3) is 0 Å². The molecule has 0 spiro atoms.